The van der Waals surface area contributed by atoms with Gasteiger partial charge < -0.3 is 14.7 Å². The van der Waals surface area contributed by atoms with E-state index in [0.717, 1.165) is 22.3 Å². The first-order chi connectivity index (χ1) is 9.04. The molecule has 1 amide bonds. The molecular formula is C15H21NO3. The lowest BCUT2D eigenvalue weighted by atomic mass is 9.98. The summed E-state index contributed by atoms with van der Waals surface area (Å²) in [5.41, 5.74) is 3.90. The molecule has 0 bridgehead atoms. The highest BCUT2D eigenvalue weighted by Gasteiger charge is 2.29. The molecule has 4 nitrogen and oxygen atoms in total. The fourth-order valence-electron chi connectivity index (χ4n) is 2.73. The standard InChI is InChI=1S/C15H21NO3/c1-10-6-11(2)14(12(3)7-10)15(18)16-4-5-19-9-13(16)8-17/h6-7,13,17H,4-5,8-9H2,1-3H3. The Morgan fingerprint density at radius 3 is 2.58 bits per heavy atom. The SMILES string of the molecule is Cc1cc(C)c(C(=O)N2CCOCC2CO)c(C)c1. The minimum absolute atomic E-state index is 0.00245. The van der Waals surface area contributed by atoms with Crippen molar-refractivity contribution in [1.82, 2.24) is 4.90 Å². The summed E-state index contributed by atoms with van der Waals surface area (Å²) < 4.78 is 5.31. The van der Waals surface area contributed by atoms with Crippen LogP contribution in [0, 0.1) is 20.8 Å². The molecule has 2 rings (SSSR count). The molecule has 1 atom stereocenters. The van der Waals surface area contributed by atoms with Gasteiger partial charge in [-0.2, -0.15) is 0 Å². The van der Waals surface area contributed by atoms with Crippen LogP contribution in [0.25, 0.3) is 0 Å². The van der Waals surface area contributed by atoms with Gasteiger partial charge in [0.15, 0.2) is 0 Å². The second-order valence-electron chi connectivity index (χ2n) is 5.18. The van der Waals surface area contributed by atoms with Gasteiger partial charge in [0, 0.05) is 12.1 Å². The summed E-state index contributed by atoms with van der Waals surface area (Å²) in [4.78, 5) is 14.4. The molecule has 1 aliphatic heterocycles. The highest BCUT2D eigenvalue weighted by atomic mass is 16.5. The fourth-order valence-corrected chi connectivity index (χ4v) is 2.73. The van der Waals surface area contributed by atoms with Crippen LogP contribution in [-0.4, -0.2) is 48.3 Å². The molecule has 1 saturated heterocycles. The first-order valence-electron chi connectivity index (χ1n) is 6.62. The lowest BCUT2D eigenvalue weighted by molar-refractivity contribution is -0.0184. The van der Waals surface area contributed by atoms with Gasteiger partial charge in [-0.15, -0.1) is 0 Å². The highest BCUT2D eigenvalue weighted by molar-refractivity contribution is 5.97. The molecule has 1 heterocycles. The van der Waals surface area contributed by atoms with Crippen molar-refractivity contribution in [3.05, 3.63) is 34.4 Å². The van der Waals surface area contributed by atoms with Crippen LogP contribution in [0.3, 0.4) is 0 Å². The molecule has 1 aromatic carbocycles. The van der Waals surface area contributed by atoms with Crippen LogP contribution in [-0.2, 0) is 4.74 Å². The number of carbonyl (C=O) groups excluding carboxylic acids is 1. The Hall–Kier alpha value is -1.39. The number of aryl methyl sites for hydroxylation is 3. The van der Waals surface area contributed by atoms with Gasteiger partial charge in [0.25, 0.3) is 5.91 Å². The molecule has 0 radical (unpaired) electrons. The molecule has 1 aliphatic rings. The Morgan fingerprint density at radius 1 is 1.37 bits per heavy atom. The van der Waals surface area contributed by atoms with E-state index in [1.807, 2.05) is 32.9 Å². The number of hydrogen-bond acceptors (Lipinski definition) is 3. The first-order valence-corrected chi connectivity index (χ1v) is 6.62. The van der Waals surface area contributed by atoms with Crippen LogP contribution in [0.5, 0.6) is 0 Å². The van der Waals surface area contributed by atoms with E-state index in [4.69, 9.17) is 4.74 Å². The number of morpholine rings is 1. The van der Waals surface area contributed by atoms with Crippen LogP contribution in [0.1, 0.15) is 27.0 Å². The van der Waals surface area contributed by atoms with Crippen molar-refractivity contribution >= 4 is 5.91 Å². The van der Waals surface area contributed by atoms with Crippen LogP contribution < -0.4 is 0 Å². The summed E-state index contributed by atoms with van der Waals surface area (Å²) in [6, 6.07) is 3.81. The van der Waals surface area contributed by atoms with Gasteiger partial charge in [-0.3, -0.25) is 4.79 Å². The first kappa shape index (κ1) is 14.0. The Balaban J connectivity index is 2.33. The molecule has 0 saturated carbocycles. The molecule has 104 valence electrons. The van der Waals surface area contributed by atoms with E-state index in [1.54, 1.807) is 4.90 Å². The van der Waals surface area contributed by atoms with Gasteiger partial charge in [-0.1, -0.05) is 17.7 Å². The predicted molar refractivity (Wildman–Crippen MR) is 73.4 cm³/mol. The molecular weight excluding hydrogens is 242 g/mol. The third-order valence-corrected chi connectivity index (χ3v) is 3.59. The summed E-state index contributed by atoms with van der Waals surface area (Å²) in [5.74, 6) is -0.00245. The average molecular weight is 263 g/mol. The van der Waals surface area contributed by atoms with Crippen molar-refractivity contribution in [3.63, 3.8) is 0 Å². The number of benzene rings is 1. The minimum atomic E-state index is -0.235. The number of aliphatic hydroxyl groups is 1. The maximum Gasteiger partial charge on any atom is 0.254 e. The van der Waals surface area contributed by atoms with E-state index in [1.165, 1.54) is 0 Å². The van der Waals surface area contributed by atoms with Gasteiger partial charge in [0.2, 0.25) is 0 Å². The number of hydrogen-bond donors (Lipinski definition) is 1. The Kier molecular flexibility index (Phi) is 4.22. The van der Waals surface area contributed by atoms with Crippen molar-refractivity contribution in [2.75, 3.05) is 26.4 Å². The Bertz CT molecular complexity index is 461. The van der Waals surface area contributed by atoms with Crippen molar-refractivity contribution in [2.45, 2.75) is 26.8 Å². The average Bonchev–Trinajstić information content (AvgIpc) is 2.37. The molecule has 1 fully saturated rings. The van der Waals surface area contributed by atoms with Crippen LogP contribution in [0.4, 0.5) is 0 Å². The molecule has 1 unspecified atom stereocenters. The number of carbonyl (C=O) groups is 1. The summed E-state index contributed by atoms with van der Waals surface area (Å²) in [7, 11) is 0. The van der Waals surface area contributed by atoms with Crippen LogP contribution in [0.2, 0.25) is 0 Å². The van der Waals surface area contributed by atoms with E-state index in [-0.39, 0.29) is 18.6 Å². The molecule has 0 aliphatic carbocycles. The second kappa shape index (κ2) is 5.72. The van der Waals surface area contributed by atoms with Crippen LogP contribution in [0.15, 0.2) is 12.1 Å². The summed E-state index contributed by atoms with van der Waals surface area (Å²) in [6.07, 6.45) is 0. The highest BCUT2D eigenvalue weighted by Crippen LogP contribution is 2.20. The smallest absolute Gasteiger partial charge is 0.254 e. The summed E-state index contributed by atoms with van der Waals surface area (Å²) in [6.45, 7) is 7.37. The molecule has 4 heteroatoms. The monoisotopic (exact) mass is 263 g/mol. The number of amides is 1. The molecule has 1 N–H and O–H groups in total. The number of rotatable bonds is 2. The van der Waals surface area contributed by atoms with Gasteiger partial charge in [0.1, 0.15) is 0 Å². The third kappa shape index (κ3) is 2.80. The number of aliphatic hydroxyl groups excluding tert-OH is 1. The summed E-state index contributed by atoms with van der Waals surface area (Å²) in [5, 5.41) is 9.37. The van der Waals surface area contributed by atoms with Crippen molar-refractivity contribution < 1.29 is 14.6 Å². The zero-order valence-corrected chi connectivity index (χ0v) is 11.8. The van der Waals surface area contributed by atoms with E-state index < -0.39 is 0 Å². The lowest BCUT2D eigenvalue weighted by Gasteiger charge is -2.35. The maximum absolute atomic E-state index is 12.7. The Morgan fingerprint density at radius 2 is 2.00 bits per heavy atom. The molecule has 19 heavy (non-hydrogen) atoms. The second-order valence-corrected chi connectivity index (χ2v) is 5.18. The maximum atomic E-state index is 12.7. The van der Waals surface area contributed by atoms with Crippen LogP contribution >= 0.6 is 0 Å². The van der Waals surface area contributed by atoms with Gasteiger partial charge in [0.05, 0.1) is 25.9 Å². The zero-order chi connectivity index (χ0) is 14.0. The van der Waals surface area contributed by atoms with Gasteiger partial charge in [-0.25, -0.2) is 0 Å². The molecule has 1 aromatic rings. The zero-order valence-electron chi connectivity index (χ0n) is 11.8. The van der Waals surface area contributed by atoms with Gasteiger partial charge >= 0.3 is 0 Å². The predicted octanol–water partition coefficient (Wildman–Crippen LogP) is 1.45. The minimum Gasteiger partial charge on any atom is -0.394 e. The third-order valence-electron chi connectivity index (χ3n) is 3.59. The molecule has 0 spiro atoms. The van der Waals surface area contributed by atoms with Gasteiger partial charge in [-0.05, 0) is 31.9 Å². The van der Waals surface area contributed by atoms with Crippen molar-refractivity contribution in [1.29, 1.82) is 0 Å². The number of nitrogens with zero attached hydrogens (tertiary/aromatic N) is 1. The largest absolute Gasteiger partial charge is 0.394 e. The molecule has 0 aromatic heterocycles. The van der Waals surface area contributed by atoms with E-state index in [2.05, 4.69) is 0 Å². The van der Waals surface area contributed by atoms with E-state index >= 15 is 0 Å². The fraction of sp³-hybridized carbons (Fsp3) is 0.533. The number of ether oxygens (including phenoxy) is 1. The van der Waals surface area contributed by atoms with E-state index in [0.29, 0.717) is 19.8 Å². The quantitative estimate of drug-likeness (QED) is 0.878. The topological polar surface area (TPSA) is 49.8 Å². The Labute approximate surface area is 114 Å². The summed E-state index contributed by atoms with van der Waals surface area (Å²) >= 11 is 0. The van der Waals surface area contributed by atoms with Crippen molar-refractivity contribution in [2.24, 2.45) is 0 Å². The van der Waals surface area contributed by atoms with E-state index in [9.17, 15) is 9.90 Å². The normalized spacial score (nSPS) is 19.6. The lowest BCUT2D eigenvalue weighted by Crippen LogP contribution is -2.50. The van der Waals surface area contributed by atoms with Crippen molar-refractivity contribution in [3.8, 4) is 0 Å².